The monoisotopic (exact) mass is 426 g/mol. The number of nitrogens with one attached hydrogen (secondary N) is 1. The molecule has 0 saturated carbocycles. The van der Waals surface area contributed by atoms with Gasteiger partial charge in [0.15, 0.2) is 0 Å². The highest BCUT2D eigenvalue weighted by molar-refractivity contribution is 6.07. The van der Waals surface area contributed by atoms with E-state index in [4.69, 9.17) is 14.2 Å². The van der Waals surface area contributed by atoms with Crippen LogP contribution in [0.3, 0.4) is 0 Å². The molecule has 0 atom stereocenters. The van der Waals surface area contributed by atoms with Gasteiger partial charge in [0.05, 0.1) is 43.4 Å². The van der Waals surface area contributed by atoms with Crippen LogP contribution in [0, 0.1) is 5.92 Å². The van der Waals surface area contributed by atoms with Gasteiger partial charge in [-0.25, -0.2) is 4.79 Å². The lowest BCUT2D eigenvalue weighted by molar-refractivity contribution is 0.0526. The molecule has 1 saturated heterocycles. The third-order valence-corrected chi connectivity index (χ3v) is 4.81. The smallest absolute Gasteiger partial charge is 0.338 e. The summed E-state index contributed by atoms with van der Waals surface area (Å²) in [4.78, 5) is 27.3. The lowest BCUT2D eigenvalue weighted by atomic mass is 10.1. The number of ether oxygens (including phenoxy) is 3. The topological polar surface area (TPSA) is 77.1 Å². The Hall–Kier alpha value is -3.06. The van der Waals surface area contributed by atoms with Gasteiger partial charge >= 0.3 is 5.97 Å². The minimum Gasteiger partial charge on any atom is -0.493 e. The van der Waals surface area contributed by atoms with Gasteiger partial charge in [0.25, 0.3) is 5.91 Å². The van der Waals surface area contributed by atoms with Crippen LogP contribution in [0.25, 0.3) is 0 Å². The zero-order valence-electron chi connectivity index (χ0n) is 18.3. The van der Waals surface area contributed by atoms with Crippen molar-refractivity contribution < 1.29 is 23.8 Å². The van der Waals surface area contributed by atoms with E-state index in [0.29, 0.717) is 55.6 Å². The molecule has 0 aromatic heterocycles. The second-order valence-corrected chi connectivity index (χ2v) is 7.74. The number of nitrogens with zero attached hydrogens (tertiary/aromatic N) is 1. The van der Waals surface area contributed by atoms with Crippen LogP contribution in [-0.2, 0) is 9.47 Å². The maximum Gasteiger partial charge on any atom is 0.338 e. The summed E-state index contributed by atoms with van der Waals surface area (Å²) in [6.07, 6.45) is 0. The Bertz CT molecular complexity index is 889. The van der Waals surface area contributed by atoms with E-state index in [1.54, 1.807) is 43.3 Å². The highest BCUT2D eigenvalue weighted by atomic mass is 16.5. The van der Waals surface area contributed by atoms with Crippen LogP contribution in [0.5, 0.6) is 5.75 Å². The van der Waals surface area contributed by atoms with Gasteiger partial charge in [-0.15, -0.1) is 0 Å². The molecule has 7 nitrogen and oxygen atoms in total. The van der Waals surface area contributed by atoms with Crippen LogP contribution < -0.4 is 15.0 Å². The largest absolute Gasteiger partial charge is 0.493 e. The Labute approximate surface area is 183 Å². The number of carbonyl (C=O) groups is 2. The van der Waals surface area contributed by atoms with E-state index >= 15 is 0 Å². The first-order valence-electron chi connectivity index (χ1n) is 10.7. The Morgan fingerprint density at radius 3 is 2.39 bits per heavy atom. The van der Waals surface area contributed by atoms with Crippen molar-refractivity contribution in [3.63, 3.8) is 0 Å². The van der Waals surface area contributed by atoms with Gasteiger partial charge in [-0.3, -0.25) is 4.79 Å². The fraction of sp³-hybridized carbons (Fsp3) is 0.417. The van der Waals surface area contributed by atoms with Crippen molar-refractivity contribution in [2.75, 3.05) is 49.7 Å². The molecule has 7 heteroatoms. The number of benzene rings is 2. The van der Waals surface area contributed by atoms with Crippen molar-refractivity contribution in [1.82, 2.24) is 0 Å². The predicted molar refractivity (Wildman–Crippen MR) is 120 cm³/mol. The van der Waals surface area contributed by atoms with Gasteiger partial charge in [-0.1, -0.05) is 13.8 Å². The molecule has 3 rings (SSSR count). The van der Waals surface area contributed by atoms with E-state index in [0.717, 1.165) is 11.4 Å². The van der Waals surface area contributed by atoms with E-state index in [-0.39, 0.29) is 12.5 Å². The lowest BCUT2D eigenvalue weighted by Crippen LogP contribution is -2.36. The number of carbonyl (C=O) groups excluding carboxylic acids is 2. The third-order valence-electron chi connectivity index (χ3n) is 4.81. The van der Waals surface area contributed by atoms with Crippen LogP contribution in [0.1, 0.15) is 41.5 Å². The summed E-state index contributed by atoms with van der Waals surface area (Å²) < 4.78 is 16.2. The summed E-state index contributed by atoms with van der Waals surface area (Å²) >= 11 is 0. The Kier molecular flexibility index (Phi) is 7.89. The number of rotatable bonds is 8. The van der Waals surface area contributed by atoms with Crippen LogP contribution in [0.15, 0.2) is 42.5 Å². The molecule has 0 spiro atoms. The van der Waals surface area contributed by atoms with Crippen molar-refractivity contribution in [1.29, 1.82) is 0 Å². The van der Waals surface area contributed by atoms with Crippen molar-refractivity contribution in [3.8, 4) is 5.75 Å². The van der Waals surface area contributed by atoms with E-state index in [1.807, 2.05) is 6.07 Å². The summed E-state index contributed by atoms with van der Waals surface area (Å²) in [6.45, 7) is 9.49. The zero-order valence-corrected chi connectivity index (χ0v) is 18.3. The quantitative estimate of drug-likeness (QED) is 0.644. The van der Waals surface area contributed by atoms with Gasteiger partial charge < -0.3 is 24.4 Å². The third kappa shape index (κ3) is 6.21. The molecule has 1 aliphatic rings. The Morgan fingerprint density at radius 1 is 1.06 bits per heavy atom. The van der Waals surface area contributed by atoms with Gasteiger partial charge in [-0.2, -0.15) is 0 Å². The molecule has 1 aliphatic heterocycles. The average Bonchev–Trinajstić information content (AvgIpc) is 2.78. The van der Waals surface area contributed by atoms with Crippen LogP contribution >= 0.6 is 0 Å². The molecular weight excluding hydrogens is 396 g/mol. The van der Waals surface area contributed by atoms with E-state index in [2.05, 4.69) is 24.1 Å². The van der Waals surface area contributed by atoms with Crippen LogP contribution in [0.2, 0.25) is 0 Å². The first-order chi connectivity index (χ1) is 15.0. The Balaban J connectivity index is 1.80. The molecule has 0 unspecified atom stereocenters. The summed E-state index contributed by atoms with van der Waals surface area (Å²) in [5.41, 5.74) is 2.32. The minimum atomic E-state index is -0.418. The summed E-state index contributed by atoms with van der Waals surface area (Å²) in [5.74, 6) is 0.473. The predicted octanol–water partition coefficient (Wildman–Crippen LogP) is 3.99. The lowest BCUT2D eigenvalue weighted by Gasteiger charge is -2.30. The fourth-order valence-corrected chi connectivity index (χ4v) is 3.22. The average molecular weight is 427 g/mol. The SMILES string of the molecule is CCOC(=O)c1ccc(N2CCOCC2)c(NC(=O)c2ccc(OCC(C)C)cc2)c1. The standard InChI is InChI=1S/C24H30N2O5/c1-4-30-24(28)19-7-10-22(26-11-13-29-14-12-26)21(15-19)25-23(27)18-5-8-20(9-6-18)31-16-17(2)3/h5-10,15,17H,4,11-14,16H2,1-3H3,(H,25,27). The molecule has 1 amide bonds. The molecule has 1 N–H and O–H groups in total. The second-order valence-electron chi connectivity index (χ2n) is 7.74. The first-order valence-corrected chi connectivity index (χ1v) is 10.7. The normalized spacial score (nSPS) is 13.7. The van der Waals surface area contributed by atoms with E-state index in [9.17, 15) is 9.59 Å². The number of hydrogen-bond donors (Lipinski definition) is 1. The second kappa shape index (κ2) is 10.8. The molecule has 0 radical (unpaired) electrons. The van der Waals surface area contributed by atoms with Gasteiger partial charge in [0.2, 0.25) is 0 Å². The van der Waals surface area contributed by atoms with E-state index in [1.165, 1.54) is 0 Å². The highest BCUT2D eigenvalue weighted by Crippen LogP contribution is 2.29. The summed E-state index contributed by atoms with van der Waals surface area (Å²) in [5, 5.41) is 2.96. The van der Waals surface area contributed by atoms with Crippen molar-refractivity contribution >= 4 is 23.3 Å². The molecule has 1 heterocycles. The van der Waals surface area contributed by atoms with Gasteiger partial charge in [0, 0.05) is 18.7 Å². The molecule has 0 aliphatic carbocycles. The molecular formula is C24H30N2O5. The van der Waals surface area contributed by atoms with Crippen molar-refractivity contribution in [2.24, 2.45) is 5.92 Å². The highest BCUT2D eigenvalue weighted by Gasteiger charge is 2.19. The zero-order chi connectivity index (χ0) is 22.2. The van der Waals surface area contributed by atoms with Crippen LogP contribution in [0.4, 0.5) is 11.4 Å². The number of hydrogen-bond acceptors (Lipinski definition) is 6. The van der Waals surface area contributed by atoms with Gasteiger partial charge in [0.1, 0.15) is 5.75 Å². The van der Waals surface area contributed by atoms with Crippen LogP contribution in [-0.4, -0.2) is 51.4 Å². The summed E-state index contributed by atoms with van der Waals surface area (Å²) in [7, 11) is 0. The fourth-order valence-electron chi connectivity index (χ4n) is 3.22. The van der Waals surface area contributed by atoms with Crippen molar-refractivity contribution in [3.05, 3.63) is 53.6 Å². The molecule has 166 valence electrons. The molecule has 2 aromatic carbocycles. The molecule has 2 aromatic rings. The number of esters is 1. The van der Waals surface area contributed by atoms with Gasteiger partial charge in [-0.05, 0) is 55.3 Å². The van der Waals surface area contributed by atoms with E-state index < -0.39 is 5.97 Å². The molecule has 0 bridgehead atoms. The first kappa shape index (κ1) is 22.6. The maximum atomic E-state index is 12.9. The maximum absolute atomic E-state index is 12.9. The molecule has 1 fully saturated rings. The summed E-state index contributed by atoms with van der Waals surface area (Å²) in [6, 6.07) is 12.3. The molecule has 31 heavy (non-hydrogen) atoms. The van der Waals surface area contributed by atoms with Crippen molar-refractivity contribution in [2.45, 2.75) is 20.8 Å². The number of morpholine rings is 1. The minimum absolute atomic E-state index is 0.258. The number of amides is 1. The Morgan fingerprint density at radius 2 is 1.74 bits per heavy atom. The number of anilines is 2.